The van der Waals surface area contributed by atoms with Crippen LogP contribution in [0.1, 0.15) is 18.4 Å². The lowest BCUT2D eigenvalue weighted by Gasteiger charge is -2.16. The molecule has 1 aromatic carbocycles. The molecular weight excluding hydrogens is 276 g/mol. The van der Waals surface area contributed by atoms with Crippen LogP contribution in [0.15, 0.2) is 22.7 Å². The van der Waals surface area contributed by atoms with Gasteiger partial charge in [-0.3, -0.25) is 0 Å². The summed E-state index contributed by atoms with van der Waals surface area (Å²) < 4.78 is 27.2. The molecule has 0 radical (unpaired) electrons. The second-order valence-corrected chi connectivity index (χ2v) is 5.03. The smallest absolute Gasteiger partial charge is 0.137 e. The van der Waals surface area contributed by atoms with Crippen LogP contribution >= 0.6 is 15.9 Å². The molecule has 0 spiro atoms. The van der Waals surface area contributed by atoms with Crippen molar-refractivity contribution in [3.05, 3.63) is 34.1 Å². The average molecular weight is 290 g/mol. The molecule has 1 nitrogen and oxygen atoms in total. The summed E-state index contributed by atoms with van der Waals surface area (Å²) in [5.41, 5.74) is 0.828. The maximum atomic E-state index is 13.9. The zero-order valence-electron chi connectivity index (χ0n) is 8.85. The monoisotopic (exact) mass is 289 g/mol. The minimum Gasteiger partial charge on any atom is -0.311 e. The Morgan fingerprint density at radius 2 is 2.31 bits per heavy atom. The van der Waals surface area contributed by atoms with E-state index in [2.05, 4.69) is 21.2 Å². The largest absolute Gasteiger partial charge is 0.311 e. The fraction of sp³-hybridized carbons (Fsp3) is 0.500. The third-order valence-corrected chi connectivity index (χ3v) is 3.56. The molecule has 4 heteroatoms. The van der Waals surface area contributed by atoms with E-state index in [0.29, 0.717) is 10.9 Å². The zero-order chi connectivity index (χ0) is 11.5. The lowest BCUT2D eigenvalue weighted by atomic mass is 10.0. The highest BCUT2D eigenvalue weighted by molar-refractivity contribution is 9.10. The van der Waals surface area contributed by atoms with E-state index in [1.165, 1.54) is 6.07 Å². The predicted octanol–water partition coefficient (Wildman–Crippen LogP) is 3.22. The Bertz CT molecular complexity index is 364. The minimum atomic E-state index is -0.889. The van der Waals surface area contributed by atoms with Gasteiger partial charge in [-0.05, 0) is 53.0 Å². The van der Waals surface area contributed by atoms with E-state index < -0.39 is 6.17 Å². The first-order valence-electron chi connectivity index (χ1n) is 5.48. The van der Waals surface area contributed by atoms with Crippen molar-refractivity contribution in [2.24, 2.45) is 0 Å². The van der Waals surface area contributed by atoms with Gasteiger partial charge in [0, 0.05) is 12.5 Å². The van der Waals surface area contributed by atoms with Crippen LogP contribution in [0.25, 0.3) is 0 Å². The Labute approximate surface area is 102 Å². The van der Waals surface area contributed by atoms with Gasteiger partial charge in [0.2, 0.25) is 0 Å². The molecule has 1 aliphatic rings. The number of hydrogen-bond acceptors (Lipinski definition) is 1. The predicted molar refractivity (Wildman–Crippen MR) is 63.7 cm³/mol. The van der Waals surface area contributed by atoms with Crippen molar-refractivity contribution in [1.29, 1.82) is 0 Å². The SMILES string of the molecule is Fc1ccc(CC(F)C2CCCN2)cc1Br. The molecule has 2 unspecified atom stereocenters. The van der Waals surface area contributed by atoms with Gasteiger partial charge in [-0.1, -0.05) is 6.07 Å². The maximum Gasteiger partial charge on any atom is 0.137 e. The molecule has 1 aromatic rings. The van der Waals surface area contributed by atoms with Gasteiger partial charge in [0.05, 0.1) is 4.47 Å². The minimum absolute atomic E-state index is 0.0381. The molecule has 1 saturated heterocycles. The van der Waals surface area contributed by atoms with Gasteiger partial charge in [0.15, 0.2) is 0 Å². The quantitative estimate of drug-likeness (QED) is 0.901. The van der Waals surface area contributed by atoms with Crippen LogP contribution in [-0.4, -0.2) is 18.8 Å². The second-order valence-electron chi connectivity index (χ2n) is 4.17. The number of benzene rings is 1. The summed E-state index contributed by atoms with van der Waals surface area (Å²) in [6, 6.07) is 4.62. The second kappa shape index (κ2) is 5.23. The molecule has 2 atom stereocenters. The molecule has 1 N–H and O–H groups in total. The van der Waals surface area contributed by atoms with Crippen molar-refractivity contribution in [1.82, 2.24) is 5.32 Å². The molecule has 2 rings (SSSR count). The molecule has 0 amide bonds. The van der Waals surface area contributed by atoms with E-state index in [9.17, 15) is 8.78 Å². The number of hydrogen-bond donors (Lipinski definition) is 1. The van der Waals surface area contributed by atoms with Crippen molar-refractivity contribution in [3.63, 3.8) is 0 Å². The molecule has 0 aliphatic carbocycles. The first kappa shape index (κ1) is 12.0. The van der Waals surface area contributed by atoms with E-state index in [1.807, 2.05) is 0 Å². The molecule has 16 heavy (non-hydrogen) atoms. The Hall–Kier alpha value is -0.480. The lowest BCUT2D eigenvalue weighted by Crippen LogP contribution is -2.33. The van der Waals surface area contributed by atoms with Crippen LogP contribution in [0, 0.1) is 5.82 Å². The van der Waals surface area contributed by atoms with Crippen LogP contribution in [-0.2, 0) is 6.42 Å². The third kappa shape index (κ3) is 2.80. The van der Waals surface area contributed by atoms with E-state index in [1.54, 1.807) is 12.1 Å². The van der Waals surface area contributed by atoms with Crippen LogP contribution in [0.5, 0.6) is 0 Å². The third-order valence-electron chi connectivity index (χ3n) is 2.95. The average Bonchev–Trinajstić information content (AvgIpc) is 2.77. The van der Waals surface area contributed by atoms with Crippen LogP contribution in [0.2, 0.25) is 0 Å². The maximum absolute atomic E-state index is 13.9. The van der Waals surface area contributed by atoms with Gasteiger partial charge in [0.1, 0.15) is 12.0 Å². The summed E-state index contributed by atoms with van der Waals surface area (Å²) in [5.74, 6) is -0.307. The van der Waals surface area contributed by atoms with Crippen molar-refractivity contribution < 1.29 is 8.78 Å². The molecule has 0 bridgehead atoms. The van der Waals surface area contributed by atoms with Crippen LogP contribution in [0.3, 0.4) is 0 Å². The van der Waals surface area contributed by atoms with Gasteiger partial charge >= 0.3 is 0 Å². The normalized spacial score (nSPS) is 22.3. The Morgan fingerprint density at radius 3 is 2.94 bits per heavy atom. The first-order chi connectivity index (χ1) is 7.66. The summed E-state index contributed by atoms with van der Waals surface area (Å²) in [6.07, 6.45) is 1.39. The van der Waals surface area contributed by atoms with Gasteiger partial charge < -0.3 is 5.32 Å². The highest BCUT2D eigenvalue weighted by Crippen LogP contribution is 2.21. The highest BCUT2D eigenvalue weighted by atomic mass is 79.9. The molecule has 1 heterocycles. The van der Waals surface area contributed by atoms with Crippen molar-refractivity contribution in [3.8, 4) is 0 Å². The molecule has 0 aromatic heterocycles. The van der Waals surface area contributed by atoms with E-state index in [4.69, 9.17) is 0 Å². The standard InChI is InChI=1S/C12H14BrF2N/c13-9-6-8(3-4-10(9)14)7-11(15)12-2-1-5-16-12/h3-4,6,11-12,16H,1-2,5,7H2. The summed E-state index contributed by atoms with van der Waals surface area (Å²) in [6.45, 7) is 0.901. The Morgan fingerprint density at radius 1 is 1.50 bits per heavy atom. The fourth-order valence-electron chi connectivity index (χ4n) is 2.05. The Balaban J connectivity index is 1.99. The zero-order valence-corrected chi connectivity index (χ0v) is 10.4. The van der Waals surface area contributed by atoms with E-state index in [0.717, 1.165) is 24.9 Å². The number of rotatable bonds is 3. The van der Waals surface area contributed by atoms with Crippen molar-refractivity contribution in [2.45, 2.75) is 31.5 Å². The number of halogens is 3. The van der Waals surface area contributed by atoms with Crippen molar-refractivity contribution in [2.75, 3.05) is 6.54 Å². The summed E-state index contributed by atoms with van der Waals surface area (Å²) in [5, 5.41) is 3.14. The lowest BCUT2D eigenvalue weighted by molar-refractivity contribution is 0.263. The summed E-state index contributed by atoms with van der Waals surface area (Å²) >= 11 is 3.11. The topological polar surface area (TPSA) is 12.0 Å². The highest BCUT2D eigenvalue weighted by Gasteiger charge is 2.24. The summed E-state index contributed by atoms with van der Waals surface area (Å²) in [4.78, 5) is 0. The Kier molecular flexibility index (Phi) is 3.92. The molecule has 1 aliphatic heterocycles. The van der Waals surface area contributed by atoms with Crippen LogP contribution < -0.4 is 5.32 Å². The first-order valence-corrected chi connectivity index (χ1v) is 6.27. The van der Waals surface area contributed by atoms with Gasteiger partial charge in [0.25, 0.3) is 0 Å². The number of alkyl halides is 1. The molecule has 1 fully saturated rings. The summed E-state index contributed by atoms with van der Waals surface area (Å²) in [7, 11) is 0. The van der Waals surface area contributed by atoms with Gasteiger partial charge in [-0.25, -0.2) is 8.78 Å². The van der Waals surface area contributed by atoms with Gasteiger partial charge in [-0.2, -0.15) is 0 Å². The van der Waals surface area contributed by atoms with E-state index >= 15 is 0 Å². The fourth-order valence-corrected chi connectivity index (χ4v) is 2.48. The molecular formula is C12H14BrF2N. The molecule has 88 valence electrons. The van der Waals surface area contributed by atoms with Gasteiger partial charge in [-0.15, -0.1) is 0 Å². The molecule has 0 saturated carbocycles. The van der Waals surface area contributed by atoms with Crippen molar-refractivity contribution >= 4 is 15.9 Å². The van der Waals surface area contributed by atoms with Crippen LogP contribution in [0.4, 0.5) is 8.78 Å². The van der Waals surface area contributed by atoms with E-state index in [-0.39, 0.29) is 11.9 Å². The number of nitrogens with one attached hydrogen (secondary N) is 1.